The first-order chi connectivity index (χ1) is 8.58. The Labute approximate surface area is 119 Å². The number of aliphatic imine (C=N–C) groups is 1. The highest BCUT2D eigenvalue weighted by Gasteiger charge is 2.06. The monoisotopic (exact) mass is 299 g/mol. The third-order valence-corrected chi connectivity index (χ3v) is 3.05. The second-order valence-corrected chi connectivity index (χ2v) is 4.79. The maximum Gasteiger partial charge on any atom is 0.124 e. The van der Waals surface area contributed by atoms with Crippen molar-refractivity contribution < 1.29 is 5.11 Å². The molecular weight excluding hydrogens is 293 g/mol. The van der Waals surface area contributed by atoms with Crippen molar-refractivity contribution in [2.75, 3.05) is 0 Å². The van der Waals surface area contributed by atoms with Gasteiger partial charge in [0.25, 0.3) is 0 Å². The summed E-state index contributed by atoms with van der Waals surface area (Å²) < 4.78 is 0. The molecule has 2 rings (SSSR count). The van der Waals surface area contributed by atoms with Crippen LogP contribution in [0.4, 0.5) is 5.69 Å². The summed E-state index contributed by atoms with van der Waals surface area (Å²) in [7, 11) is 0. The lowest BCUT2D eigenvalue weighted by Gasteiger charge is -2.02. The fourth-order valence-electron chi connectivity index (χ4n) is 1.39. The lowest BCUT2D eigenvalue weighted by Crippen LogP contribution is -1.82. The summed E-state index contributed by atoms with van der Waals surface area (Å²) in [6, 6.07) is 9.96. The number of aromatic hydroxyl groups is 1. The molecule has 0 aliphatic heterocycles. The molecule has 0 radical (unpaired) electrons. The fourth-order valence-corrected chi connectivity index (χ4v) is 2.30. The molecule has 0 spiro atoms. The van der Waals surface area contributed by atoms with Crippen molar-refractivity contribution in [2.45, 2.75) is 0 Å². The number of hydrogen-bond acceptors (Lipinski definition) is 2. The summed E-state index contributed by atoms with van der Waals surface area (Å²) in [6.07, 6.45) is 1.50. The van der Waals surface area contributed by atoms with Crippen LogP contribution in [0.15, 0.2) is 41.4 Å². The largest absolute Gasteiger partial charge is 0.507 e. The average Bonchev–Trinajstić information content (AvgIpc) is 2.30. The predicted octanol–water partition coefficient (Wildman–Crippen LogP) is 5.10. The molecule has 0 saturated heterocycles. The SMILES string of the molecule is Oc1ccccc1C=Nc1c(Cl)cc(Cl)cc1Cl. The summed E-state index contributed by atoms with van der Waals surface area (Å²) in [5.74, 6) is 0.141. The van der Waals surface area contributed by atoms with Crippen LogP contribution in [0, 0.1) is 0 Å². The van der Waals surface area contributed by atoms with Crippen molar-refractivity contribution in [3.63, 3.8) is 0 Å². The van der Waals surface area contributed by atoms with Gasteiger partial charge in [-0.05, 0) is 24.3 Å². The zero-order valence-corrected chi connectivity index (χ0v) is 11.3. The third-order valence-electron chi connectivity index (χ3n) is 2.25. The van der Waals surface area contributed by atoms with Crippen LogP contribution in [0.3, 0.4) is 0 Å². The standard InChI is InChI=1S/C13H8Cl3NO/c14-9-5-10(15)13(11(16)6-9)17-7-8-3-1-2-4-12(8)18/h1-7,18H. The number of phenolic OH excluding ortho intramolecular Hbond substituents is 1. The average molecular weight is 301 g/mol. The van der Waals surface area contributed by atoms with Gasteiger partial charge in [-0.3, -0.25) is 4.99 Å². The van der Waals surface area contributed by atoms with Crippen molar-refractivity contribution in [3.05, 3.63) is 57.0 Å². The van der Waals surface area contributed by atoms with E-state index >= 15 is 0 Å². The molecule has 0 aliphatic rings. The van der Waals surface area contributed by atoms with Crippen molar-refractivity contribution in [1.29, 1.82) is 0 Å². The molecule has 2 aromatic rings. The number of benzene rings is 2. The molecule has 0 bridgehead atoms. The first-order valence-corrected chi connectivity index (χ1v) is 6.18. The molecule has 0 aromatic heterocycles. The van der Waals surface area contributed by atoms with Gasteiger partial charge >= 0.3 is 0 Å². The van der Waals surface area contributed by atoms with Crippen molar-refractivity contribution in [1.82, 2.24) is 0 Å². The molecule has 0 amide bonds. The van der Waals surface area contributed by atoms with E-state index in [0.717, 1.165) is 0 Å². The lowest BCUT2D eigenvalue weighted by atomic mass is 10.2. The molecule has 92 valence electrons. The maximum atomic E-state index is 9.59. The zero-order valence-electron chi connectivity index (χ0n) is 9.07. The van der Waals surface area contributed by atoms with E-state index in [-0.39, 0.29) is 5.75 Å². The molecule has 2 aromatic carbocycles. The van der Waals surface area contributed by atoms with Gasteiger partial charge in [0.05, 0.1) is 10.0 Å². The smallest absolute Gasteiger partial charge is 0.124 e. The van der Waals surface area contributed by atoms with Crippen LogP contribution in [0.5, 0.6) is 5.75 Å². The van der Waals surface area contributed by atoms with Gasteiger partial charge in [0.15, 0.2) is 0 Å². The van der Waals surface area contributed by atoms with Gasteiger partial charge in [0.1, 0.15) is 11.4 Å². The molecule has 2 nitrogen and oxygen atoms in total. The molecule has 0 unspecified atom stereocenters. The molecular formula is C13H8Cl3NO. The van der Waals surface area contributed by atoms with E-state index < -0.39 is 0 Å². The Morgan fingerprint density at radius 2 is 1.61 bits per heavy atom. The molecule has 0 atom stereocenters. The Hall–Kier alpha value is -1.22. The molecule has 18 heavy (non-hydrogen) atoms. The first-order valence-electron chi connectivity index (χ1n) is 5.04. The Morgan fingerprint density at radius 3 is 2.22 bits per heavy atom. The summed E-state index contributed by atoms with van der Waals surface area (Å²) in [5, 5.41) is 10.8. The zero-order chi connectivity index (χ0) is 13.1. The van der Waals surface area contributed by atoms with Crippen molar-refractivity contribution in [3.8, 4) is 5.75 Å². The number of para-hydroxylation sites is 1. The molecule has 1 N–H and O–H groups in total. The number of nitrogens with zero attached hydrogens (tertiary/aromatic N) is 1. The molecule has 0 heterocycles. The van der Waals surface area contributed by atoms with Gasteiger partial charge < -0.3 is 5.11 Å². The quantitative estimate of drug-likeness (QED) is 0.769. The Morgan fingerprint density at radius 1 is 1.00 bits per heavy atom. The van der Waals surface area contributed by atoms with Gasteiger partial charge in [0.2, 0.25) is 0 Å². The summed E-state index contributed by atoms with van der Waals surface area (Å²) >= 11 is 17.8. The number of hydrogen-bond donors (Lipinski definition) is 1. The van der Waals surface area contributed by atoms with E-state index in [2.05, 4.69) is 4.99 Å². The predicted molar refractivity (Wildman–Crippen MR) is 76.8 cm³/mol. The van der Waals surface area contributed by atoms with Gasteiger partial charge in [0, 0.05) is 16.8 Å². The minimum Gasteiger partial charge on any atom is -0.507 e. The Kier molecular flexibility index (Phi) is 4.12. The van der Waals surface area contributed by atoms with Crippen molar-refractivity contribution >= 4 is 46.7 Å². The minimum atomic E-state index is 0.141. The topological polar surface area (TPSA) is 32.6 Å². The first kappa shape index (κ1) is 13.2. The van der Waals surface area contributed by atoms with E-state index in [0.29, 0.717) is 26.3 Å². The van der Waals surface area contributed by atoms with E-state index in [1.165, 1.54) is 6.21 Å². The van der Waals surface area contributed by atoms with Gasteiger partial charge in [-0.15, -0.1) is 0 Å². The Balaban J connectivity index is 2.38. The van der Waals surface area contributed by atoms with Crippen LogP contribution in [-0.4, -0.2) is 11.3 Å². The van der Waals surface area contributed by atoms with E-state index in [4.69, 9.17) is 34.8 Å². The van der Waals surface area contributed by atoms with Crippen LogP contribution < -0.4 is 0 Å². The van der Waals surface area contributed by atoms with Crippen LogP contribution in [0.2, 0.25) is 15.1 Å². The van der Waals surface area contributed by atoms with Gasteiger partial charge in [-0.1, -0.05) is 46.9 Å². The van der Waals surface area contributed by atoms with Crippen LogP contribution in [0.1, 0.15) is 5.56 Å². The summed E-state index contributed by atoms with van der Waals surface area (Å²) in [5.41, 5.74) is 1.01. The fraction of sp³-hybridized carbons (Fsp3) is 0. The van der Waals surface area contributed by atoms with E-state index in [9.17, 15) is 5.11 Å². The maximum absolute atomic E-state index is 9.59. The lowest BCUT2D eigenvalue weighted by molar-refractivity contribution is 0.474. The van der Waals surface area contributed by atoms with Crippen molar-refractivity contribution in [2.24, 2.45) is 4.99 Å². The molecule has 0 aliphatic carbocycles. The van der Waals surface area contributed by atoms with E-state index in [1.807, 2.05) is 0 Å². The minimum absolute atomic E-state index is 0.141. The summed E-state index contributed by atoms with van der Waals surface area (Å²) in [6.45, 7) is 0. The van der Waals surface area contributed by atoms with Crippen LogP contribution >= 0.6 is 34.8 Å². The Bertz CT molecular complexity index is 588. The number of halogens is 3. The van der Waals surface area contributed by atoms with Crippen LogP contribution in [-0.2, 0) is 0 Å². The van der Waals surface area contributed by atoms with Gasteiger partial charge in [-0.2, -0.15) is 0 Å². The highest BCUT2D eigenvalue weighted by molar-refractivity contribution is 6.41. The van der Waals surface area contributed by atoms with E-state index in [1.54, 1.807) is 36.4 Å². The number of phenols is 1. The summed E-state index contributed by atoms with van der Waals surface area (Å²) in [4.78, 5) is 4.17. The van der Waals surface area contributed by atoms with Crippen LogP contribution in [0.25, 0.3) is 0 Å². The second kappa shape index (κ2) is 5.61. The van der Waals surface area contributed by atoms with Gasteiger partial charge in [-0.25, -0.2) is 0 Å². The number of rotatable bonds is 2. The highest BCUT2D eigenvalue weighted by atomic mass is 35.5. The highest BCUT2D eigenvalue weighted by Crippen LogP contribution is 2.36. The third kappa shape index (κ3) is 2.96. The second-order valence-electron chi connectivity index (χ2n) is 3.54. The molecule has 0 saturated carbocycles. The molecule has 5 heteroatoms. The molecule has 0 fully saturated rings. The normalized spacial score (nSPS) is 11.1.